The molecule has 1 amide bonds. The van der Waals surface area contributed by atoms with Gasteiger partial charge in [-0.3, -0.25) is 14.5 Å². The molecule has 0 unspecified atom stereocenters. The number of nitrogens with one attached hydrogen (secondary N) is 1. The Balaban J connectivity index is 2.00. The number of hydrogen-bond acceptors (Lipinski definition) is 5. The predicted octanol–water partition coefficient (Wildman–Crippen LogP) is 3.37. The number of pyridine rings is 1. The lowest BCUT2D eigenvalue weighted by Gasteiger charge is -2.06. The number of nitrogens with zero attached hydrogens (tertiary/aromatic N) is 3. The van der Waals surface area contributed by atoms with Gasteiger partial charge in [-0.05, 0) is 39.8 Å². The Morgan fingerprint density at radius 3 is 2.74 bits per heavy atom. The van der Waals surface area contributed by atoms with E-state index >= 15 is 0 Å². The first-order valence-electron chi connectivity index (χ1n) is 7.37. The lowest BCUT2D eigenvalue weighted by atomic mass is 10.3. The average Bonchev–Trinajstić information content (AvgIpc) is 2.99. The molecule has 0 fully saturated rings. The molecule has 1 N–H and O–H groups in total. The standard InChI is InChI=1S/C16H18N4O2S/c1-5-22-12-7-6-8-20-13(10(3)17-14(12)20)15(21)19-16-18-9(2)11(4)23-16/h6-8H,5H2,1-4H3,(H,18,19,21). The number of fused-ring (bicyclic) bond motifs is 1. The van der Waals surface area contributed by atoms with Crippen LogP contribution in [0.4, 0.5) is 5.13 Å². The third-order valence-electron chi connectivity index (χ3n) is 3.55. The van der Waals surface area contributed by atoms with E-state index in [1.807, 2.05) is 46.0 Å². The Labute approximate surface area is 138 Å². The van der Waals surface area contributed by atoms with Gasteiger partial charge in [0.1, 0.15) is 5.69 Å². The van der Waals surface area contributed by atoms with Crippen LogP contribution in [-0.4, -0.2) is 26.9 Å². The number of rotatable bonds is 4. The van der Waals surface area contributed by atoms with Crippen LogP contribution in [0, 0.1) is 20.8 Å². The summed E-state index contributed by atoms with van der Waals surface area (Å²) in [6.07, 6.45) is 1.81. The molecule has 0 saturated carbocycles. The number of amides is 1. The molecular formula is C16H18N4O2S. The summed E-state index contributed by atoms with van der Waals surface area (Å²) in [5, 5.41) is 3.45. The minimum Gasteiger partial charge on any atom is -0.490 e. The number of aromatic nitrogens is 3. The van der Waals surface area contributed by atoms with Crippen LogP contribution in [0.25, 0.3) is 5.65 Å². The van der Waals surface area contributed by atoms with Crippen molar-refractivity contribution >= 4 is 28.0 Å². The summed E-state index contributed by atoms with van der Waals surface area (Å²) >= 11 is 1.47. The van der Waals surface area contributed by atoms with Crippen LogP contribution in [0.3, 0.4) is 0 Å². The Morgan fingerprint density at radius 1 is 1.30 bits per heavy atom. The zero-order valence-corrected chi connectivity index (χ0v) is 14.3. The first kappa shape index (κ1) is 15.5. The van der Waals surface area contributed by atoms with E-state index in [4.69, 9.17) is 4.74 Å². The molecular weight excluding hydrogens is 312 g/mol. The van der Waals surface area contributed by atoms with Crippen molar-refractivity contribution in [1.29, 1.82) is 0 Å². The van der Waals surface area contributed by atoms with Gasteiger partial charge in [0, 0.05) is 11.1 Å². The molecule has 6 nitrogen and oxygen atoms in total. The molecule has 0 spiro atoms. The van der Waals surface area contributed by atoms with Gasteiger partial charge in [-0.1, -0.05) is 0 Å². The highest BCUT2D eigenvalue weighted by atomic mass is 32.1. The maximum Gasteiger partial charge on any atom is 0.276 e. The van der Waals surface area contributed by atoms with Crippen LogP contribution in [-0.2, 0) is 0 Å². The van der Waals surface area contributed by atoms with Gasteiger partial charge in [0.05, 0.1) is 18.0 Å². The summed E-state index contributed by atoms with van der Waals surface area (Å²) in [6, 6.07) is 3.69. The van der Waals surface area contributed by atoms with E-state index in [0.29, 0.717) is 34.5 Å². The maximum absolute atomic E-state index is 12.7. The number of hydrogen-bond donors (Lipinski definition) is 1. The van der Waals surface area contributed by atoms with Crippen LogP contribution < -0.4 is 10.1 Å². The summed E-state index contributed by atoms with van der Waals surface area (Å²) in [7, 11) is 0. The molecule has 0 aromatic carbocycles. The third-order valence-corrected chi connectivity index (χ3v) is 4.54. The van der Waals surface area contributed by atoms with E-state index in [9.17, 15) is 4.79 Å². The van der Waals surface area contributed by atoms with Gasteiger partial charge in [-0.25, -0.2) is 9.97 Å². The van der Waals surface area contributed by atoms with Crippen LogP contribution in [0.2, 0.25) is 0 Å². The van der Waals surface area contributed by atoms with Crippen molar-refractivity contribution < 1.29 is 9.53 Å². The smallest absolute Gasteiger partial charge is 0.276 e. The summed E-state index contributed by atoms with van der Waals surface area (Å²) in [6.45, 7) is 8.19. The maximum atomic E-state index is 12.7. The molecule has 0 atom stereocenters. The second kappa shape index (κ2) is 6.00. The first-order chi connectivity index (χ1) is 11.0. The van der Waals surface area contributed by atoms with E-state index in [1.165, 1.54) is 11.3 Å². The molecule has 0 bridgehead atoms. The summed E-state index contributed by atoms with van der Waals surface area (Å²) < 4.78 is 7.33. The summed E-state index contributed by atoms with van der Waals surface area (Å²) in [5.74, 6) is 0.440. The molecule has 0 aliphatic heterocycles. The van der Waals surface area contributed by atoms with E-state index in [0.717, 1.165) is 10.6 Å². The van der Waals surface area contributed by atoms with Crippen molar-refractivity contribution in [3.63, 3.8) is 0 Å². The highest BCUT2D eigenvalue weighted by molar-refractivity contribution is 7.15. The Morgan fingerprint density at radius 2 is 2.09 bits per heavy atom. The van der Waals surface area contributed by atoms with Crippen molar-refractivity contribution in [3.05, 3.63) is 40.3 Å². The number of carbonyl (C=O) groups is 1. The summed E-state index contributed by atoms with van der Waals surface area (Å²) in [5.41, 5.74) is 2.72. The number of carbonyl (C=O) groups excluding carboxylic acids is 1. The van der Waals surface area contributed by atoms with Crippen molar-refractivity contribution in [2.24, 2.45) is 0 Å². The fourth-order valence-electron chi connectivity index (χ4n) is 2.38. The Bertz CT molecular complexity index is 862. The van der Waals surface area contributed by atoms with Crippen LogP contribution >= 0.6 is 11.3 Å². The van der Waals surface area contributed by atoms with Gasteiger partial charge < -0.3 is 4.74 Å². The number of ether oxygens (including phenoxy) is 1. The highest BCUT2D eigenvalue weighted by Crippen LogP contribution is 2.25. The molecule has 0 aliphatic rings. The van der Waals surface area contributed by atoms with Crippen LogP contribution in [0.5, 0.6) is 5.75 Å². The zero-order chi connectivity index (χ0) is 16.6. The first-order valence-corrected chi connectivity index (χ1v) is 8.18. The molecule has 3 rings (SSSR count). The Hall–Kier alpha value is -2.41. The minimum absolute atomic E-state index is 0.225. The number of thiazole rings is 1. The van der Waals surface area contributed by atoms with Gasteiger partial charge in [0.15, 0.2) is 16.5 Å². The molecule has 3 aromatic rings. The van der Waals surface area contributed by atoms with Crippen molar-refractivity contribution in [2.45, 2.75) is 27.7 Å². The normalized spacial score (nSPS) is 11.0. The number of aryl methyl sites for hydroxylation is 3. The van der Waals surface area contributed by atoms with Gasteiger partial charge >= 0.3 is 0 Å². The van der Waals surface area contributed by atoms with Gasteiger partial charge in [0.25, 0.3) is 5.91 Å². The minimum atomic E-state index is -0.225. The van der Waals surface area contributed by atoms with Gasteiger partial charge in [0.2, 0.25) is 0 Å². The topological polar surface area (TPSA) is 68.5 Å². The molecule has 0 saturated heterocycles. The lowest BCUT2D eigenvalue weighted by Crippen LogP contribution is -2.15. The van der Waals surface area contributed by atoms with E-state index in [2.05, 4.69) is 15.3 Å². The molecule has 7 heteroatoms. The zero-order valence-electron chi connectivity index (χ0n) is 13.5. The fraction of sp³-hybridized carbons (Fsp3) is 0.312. The molecule has 3 aromatic heterocycles. The predicted molar refractivity (Wildman–Crippen MR) is 90.6 cm³/mol. The van der Waals surface area contributed by atoms with E-state index in [-0.39, 0.29) is 5.91 Å². The highest BCUT2D eigenvalue weighted by Gasteiger charge is 2.20. The Kier molecular flexibility index (Phi) is 4.04. The summed E-state index contributed by atoms with van der Waals surface area (Å²) in [4.78, 5) is 22.6. The molecule has 3 heterocycles. The second-order valence-corrected chi connectivity index (χ2v) is 6.36. The van der Waals surface area contributed by atoms with Gasteiger partial charge in [-0.2, -0.15) is 0 Å². The molecule has 0 radical (unpaired) electrons. The fourth-order valence-corrected chi connectivity index (χ4v) is 3.19. The van der Waals surface area contributed by atoms with Crippen LogP contribution in [0.15, 0.2) is 18.3 Å². The van der Waals surface area contributed by atoms with E-state index in [1.54, 1.807) is 4.40 Å². The van der Waals surface area contributed by atoms with Crippen molar-refractivity contribution in [2.75, 3.05) is 11.9 Å². The quantitative estimate of drug-likeness (QED) is 0.796. The SMILES string of the molecule is CCOc1cccn2c(C(=O)Nc3nc(C)c(C)s3)c(C)nc12. The second-order valence-electron chi connectivity index (χ2n) is 5.16. The van der Waals surface area contributed by atoms with Crippen molar-refractivity contribution in [1.82, 2.24) is 14.4 Å². The molecule has 120 valence electrons. The van der Waals surface area contributed by atoms with Crippen molar-refractivity contribution in [3.8, 4) is 5.75 Å². The van der Waals surface area contributed by atoms with Gasteiger partial charge in [-0.15, -0.1) is 11.3 Å². The van der Waals surface area contributed by atoms with Crippen LogP contribution in [0.1, 0.15) is 33.7 Å². The molecule has 0 aliphatic carbocycles. The number of imidazole rings is 1. The average molecular weight is 330 g/mol. The monoisotopic (exact) mass is 330 g/mol. The molecule has 23 heavy (non-hydrogen) atoms. The van der Waals surface area contributed by atoms with E-state index < -0.39 is 0 Å². The third kappa shape index (κ3) is 2.79. The largest absolute Gasteiger partial charge is 0.490 e. The lowest BCUT2D eigenvalue weighted by molar-refractivity contribution is 0.102. The number of anilines is 1.